The zero-order valence-electron chi connectivity index (χ0n) is 12.9. The van der Waals surface area contributed by atoms with Crippen molar-refractivity contribution in [2.24, 2.45) is 0 Å². The fourth-order valence-electron chi connectivity index (χ4n) is 2.09. The maximum Gasteiger partial charge on any atom is 0.123 e. The van der Waals surface area contributed by atoms with Crippen LogP contribution in [0, 0.1) is 0 Å². The van der Waals surface area contributed by atoms with E-state index in [9.17, 15) is 5.11 Å². The van der Waals surface area contributed by atoms with E-state index in [4.69, 9.17) is 4.74 Å². The summed E-state index contributed by atoms with van der Waals surface area (Å²) >= 11 is 0. The van der Waals surface area contributed by atoms with Gasteiger partial charge in [-0.2, -0.15) is 0 Å². The first-order chi connectivity index (χ1) is 10.1. The highest BCUT2D eigenvalue weighted by molar-refractivity contribution is 5.66. The second-order valence-corrected chi connectivity index (χ2v) is 5.79. The smallest absolute Gasteiger partial charge is 0.123 e. The Bertz CT molecular complexity index is 579. The van der Waals surface area contributed by atoms with E-state index in [0.29, 0.717) is 6.54 Å². The van der Waals surface area contributed by atoms with E-state index >= 15 is 0 Å². The van der Waals surface area contributed by atoms with Crippen molar-refractivity contribution in [1.82, 2.24) is 5.32 Å². The maximum absolute atomic E-state index is 9.30. The van der Waals surface area contributed by atoms with E-state index in [0.717, 1.165) is 16.9 Å². The predicted molar refractivity (Wildman–Crippen MR) is 86.4 cm³/mol. The molecule has 0 unspecified atom stereocenters. The highest BCUT2D eigenvalue weighted by Crippen LogP contribution is 2.27. The molecule has 0 heterocycles. The quantitative estimate of drug-likeness (QED) is 0.856. The van der Waals surface area contributed by atoms with Gasteiger partial charge in [0.2, 0.25) is 0 Å². The minimum absolute atomic E-state index is 0.0947. The van der Waals surface area contributed by atoms with Crippen molar-refractivity contribution in [3.05, 3.63) is 54.1 Å². The van der Waals surface area contributed by atoms with Gasteiger partial charge in [-0.15, -0.1) is 0 Å². The van der Waals surface area contributed by atoms with Crippen molar-refractivity contribution < 1.29 is 9.84 Å². The van der Waals surface area contributed by atoms with Crippen LogP contribution in [-0.2, 0) is 6.54 Å². The van der Waals surface area contributed by atoms with Gasteiger partial charge in [0.05, 0.1) is 13.7 Å². The minimum Gasteiger partial charge on any atom is -0.496 e. The molecule has 2 aromatic carbocycles. The Labute approximate surface area is 126 Å². The first-order valence-corrected chi connectivity index (χ1v) is 7.14. The molecule has 0 radical (unpaired) electrons. The number of aliphatic hydroxyl groups is 1. The average molecular weight is 285 g/mol. The van der Waals surface area contributed by atoms with E-state index in [2.05, 4.69) is 35.6 Å². The Morgan fingerprint density at radius 3 is 2.38 bits per heavy atom. The molecule has 0 aromatic heterocycles. The Morgan fingerprint density at radius 1 is 1.05 bits per heavy atom. The predicted octanol–water partition coefficient (Wildman–Crippen LogP) is 3.22. The Morgan fingerprint density at radius 2 is 1.76 bits per heavy atom. The summed E-state index contributed by atoms with van der Waals surface area (Å²) in [5.74, 6) is 0.859. The van der Waals surface area contributed by atoms with Gasteiger partial charge in [-0.05, 0) is 31.0 Å². The number of nitrogens with one attached hydrogen (secondary N) is 1. The number of ether oxygens (including phenoxy) is 1. The summed E-state index contributed by atoms with van der Waals surface area (Å²) in [6.45, 7) is 4.69. The Balaban J connectivity index is 2.21. The summed E-state index contributed by atoms with van der Waals surface area (Å²) in [5, 5.41) is 12.6. The Kier molecular flexibility index (Phi) is 4.99. The van der Waals surface area contributed by atoms with E-state index in [1.54, 1.807) is 7.11 Å². The highest BCUT2D eigenvalue weighted by Gasteiger charge is 2.16. The fraction of sp³-hybridized carbons (Fsp3) is 0.333. The molecule has 3 nitrogen and oxygen atoms in total. The van der Waals surface area contributed by atoms with Crippen molar-refractivity contribution in [1.29, 1.82) is 0 Å². The molecule has 112 valence electrons. The van der Waals surface area contributed by atoms with E-state index in [1.165, 1.54) is 5.56 Å². The molecular weight excluding hydrogens is 262 g/mol. The molecule has 0 aliphatic carbocycles. The summed E-state index contributed by atoms with van der Waals surface area (Å²) in [6.07, 6.45) is 0. The van der Waals surface area contributed by atoms with Crippen LogP contribution >= 0.6 is 0 Å². The van der Waals surface area contributed by atoms with Crippen molar-refractivity contribution in [2.45, 2.75) is 25.9 Å². The van der Waals surface area contributed by atoms with Crippen molar-refractivity contribution in [3.63, 3.8) is 0 Å². The molecule has 2 aromatic rings. The molecule has 2 rings (SSSR count). The second-order valence-electron chi connectivity index (χ2n) is 5.79. The number of rotatable bonds is 6. The number of methoxy groups -OCH3 is 1. The number of aliphatic hydroxyl groups excluding tert-OH is 1. The molecule has 0 aliphatic heterocycles. The molecule has 0 bridgehead atoms. The maximum atomic E-state index is 9.30. The summed E-state index contributed by atoms with van der Waals surface area (Å²) in [4.78, 5) is 0. The summed E-state index contributed by atoms with van der Waals surface area (Å²) in [6, 6.07) is 16.5. The third-order valence-corrected chi connectivity index (χ3v) is 3.55. The molecule has 0 amide bonds. The van der Waals surface area contributed by atoms with Crippen LogP contribution in [0.2, 0.25) is 0 Å². The van der Waals surface area contributed by atoms with Gasteiger partial charge in [0.25, 0.3) is 0 Å². The zero-order chi connectivity index (χ0) is 15.3. The van der Waals surface area contributed by atoms with Crippen LogP contribution in [0.1, 0.15) is 19.4 Å². The molecule has 0 atom stereocenters. The van der Waals surface area contributed by atoms with Crippen LogP contribution in [0.25, 0.3) is 11.1 Å². The first kappa shape index (κ1) is 15.5. The molecule has 2 N–H and O–H groups in total. The van der Waals surface area contributed by atoms with Crippen LogP contribution in [0.3, 0.4) is 0 Å². The highest BCUT2D eigenvalue weighted by atomic mass is 16.5. The largest absolute Gasteiger partial charge is 0.496 e. The van der Waals surface area contributed by atoms with E-state index in [1.807, 2.05) is 32.0 Å². The summed E-state index contributed by atoms with van der Waals surface area (Å²) in [7, 11) is 1.69. The lowest BCUT2D eigenvalue weighted by Crippen LogP contribution is -2.42. The topological polar surface area (TPSA) is 41.5 Å². The molecule has 0 aliphatic rings. The fourth-order valence-corrected chi connectivity index (χ4v) is 2.09. The third-order valence-electron chi connectivity index (χ3n) is 3.55. The van der Waals surface area contributed by atoms with E-state index in [-0.39, 0.29) is 12.1 Å². The molecule has 21 heavy (non-hydrogen) atoms. The Hall–Kier alpha value is -1.84. The normalized spacial score (nSPS) is 11.4. The van der Waals surface area contributed by atoms with Crippen LogP contribution < -0.4 is 10.1 Å². The lowest BCUT2D eigenvalue weighted by atomic mass is 10.0. The van der Waals surface area contributed by atoms with Gasteiger partial charge < -0.3 is 15.2 Å². The van der Waals surface area contributed by atoms with Gasteiger partial charge in [-0.25, -0.2) is 0 Å². The van der Waals surface area contributed by atoms with Gasteiger partial charge in [-0.3, -0.25) is 0 Å². The molecule has 0 spiro atoms. The van der Waals surface area contributed by atoms with Gasteiger partial charge in [0.15, 0.2) is 0 Å². The van der Waals surface area contributed by atoms with Crippen LogP contribution in [0.5, 0.6) is 5.75 Å². The molecule has 0 saturated heterocycles. The summed E-state index contributed by atoms with van der Waals surface area (Å²) < 4.78 is 5.50. The number of hydrogen-bond donors (Lipinski definition) is 2. The van der Waals surface area contributed by atoms with Crippen molar-refractivity contribution in [2.75, 3.05) is 13.7 Å². The zero-order valence-corrected chi connectivity index (χ0v) is 12.9. The number of hydrogen-bond acceptors (Lipinski definition) is 3. The van der Waals surface area contributed by atoms with Gasteiger partial charge in [-0.1, -0.05) is 42.5 Å². The minimum atomic E-state index is -0.302. The van der Waals surface area contributed by atoms with Gasteiger partial charge in [0.1, 0.15) is 5.75 Å². The SMILES string of the molecule is COc1cc(-c2ccccc2)ccc1CNC(C)(C)CO. The van der Waals surface area contributed by atoms with Crippen LogP contribution in [0.4, 0.5) is 0 Å². The van der Waals surface area contributed by atoms with E-state index < -0.39 is 0 Å². The molecule has 0 saturated carbocycles. The van der Waals surface area contributed by atoms with Crippen LogP contribution in [0.15, 0.2) is 48.5 Å². The lowest BCUT2D eigenvalue weighted by Gasteiger charge is -2.24. The first-order valence-electron chi connectivity index (χ1n) is 7.14. The number of benzene rings is 2. The molecule has 0 fully saturated rings. The van der Waals surface area contributed by atoms with Gasteiger partial charge in [0, 0.05) is 17.6 Å². The summed E-state index contributed by atoms with van der Waals surface area (Å²) in [5.41, 5.74) is 3.09. The van der Waals surface area contributed by atoms with Gasteiger partial charge >= 0.3 is 0 Å². The third kappa shape index (κ3) is 4.06. The lowest BCUT2D eigenvalue weighted by molar-refractivity contribution is 0.187. The van der Waals surface area contributed by atoms with Crippen molar-refractivity contribution in [3.8, 4) is 16.9 Å². The second kappa shape index (κ2) is 6.74. The molecule has 3 heteroatoms. The monoisotopic (exact) mass is 285 g/mol. The molecular formula is C18H23NO2. The van der Waals surface area contributed by atoms with Crippen molar-refractivity contribution >= 4 is 0 Å². The van der Waals surface area contributed by atoms with Crippen LogP contribution in [-0.4, -0.2) is 24.4 Å². The average Bonchev–Trinajstić information content (AvgIpc) is 2.53. The standard InChI is InChI=1S/C18H23NO2/c1-18(2,13-20)19-12-16-10-9-15(11-17(16)21-3)14-7-5-4-6-8-14/h4-11,19-20H,12-13H2,1-3H3.